The van der Waals surface area contributed by atoms with Gasteiger partial charge < -0.3 is 24.3 Å². The molecule has 0 fully saturated rings. The first-order chi connectivity index (χ1) is 15.5. The van der Waals surface area contributed by atoms with Gasteiger partial charge in [-0.25, -0.2) is 0 Å². The van der Waals surface area contributed by atoms with E-state index in [1.54, 1.807) is 18.1 Å². The van der Waals surface area contributed by atoms with Crippen molar-refractivity contribution in [1.82, 2.24) is 4.90 Å². The van der Waals surface area contributed by atoms with Gasteiger partial charge in [0, 0.05) is 24.2 Å². The van der Waals surface area contributed by atoms with Gasteiger partial charge in [-0.1, -0.05) is 30.8 Å². The minimum Gasteiger partial charge on any atom is -0.623 e. The molecule has 1 aliphatic rings. The summed E-state index contributed by atoms with van der Waals surface area (Å²) in [5, 5.41) is 13.6. The Labute approximate surface area is 189 Å². The quantitative estimate of drug-likeness (QED) is 0.340. The van der Waals surface area contributed by atoms with Gasteiger partial charge in [-0.05, 0) is 38.1 Å². The Kier molecular flexibility index (Phi) is 6.77. The Balaban J connectivity index is 2.34. The van der Waals surface area contributed by atoms with Crippen LogP contribution in [0, 0.1) is 5.21 Å². The summed E-state index contributed by atoms with van der Waals surface area (Å²) in [5.74, 6) is 0.387. The zero-order chi connectivity index (χ0) is 23.5. The summed E-state index contributed by atoms with van der Waals surface area (Å²) in [6, 6.07) is 12.9. The van der Waals surface area contributed by atoms with E-state index in [1.807, 2.05) is 50.2 Å². The van der Waals surface area contributed by atoms with Crippen molar-refractivity contribution in [2.45, 2.75) is 25.3 Å². The van der Waals surface area contributed by atoms with E-state index in [1.165, 1.54) is 20.3 Å². The van der Waals surface area contributed by atoms with Gasteiger partial charge in [-0.3, -0.25) is 4.79 Å². The number of hydrogen-bond acceptors (Lipinski definition) is 5. The Morgan fingerprint density at radius 3 is 2.19 bits per heavy atom. The number of amides is 1. The largest absolute Gasteiger partial charge is 0.623 e. The van der Waals surface area contributed by atoms with Crippen LogP contribution in [-0.4, -0.2) is 61.2 Å². The van der Waals surface area contributed by atoms with Crippen molar-refractivity contribution >= 4 is 11.6 Å². The van der Waals surface area contributed by atoms with Gasteiger partial charge in [-0.2, -0.15) is 4.74 Å². The van der Waals surface area contributed by atoms with Gasteiger partial charge >= 0.3 is 5.91 Å². The summed E-state index contributed by atoms with van der Waals surface area (Å²) in [6.07, 6.45) is 1.45. The van der Waals surface area contributed by atoms with Crippen molar-refractivity contribution in [3.8, 4) is 17.2 Å². The molecule has 7 nitrogen and oxygen atoms in total. The van der Waals surface area contributed by atoms with Crippen LogP contribution in [0.1, 0.15) is 30.9 Å². The number of carbonyl (C=O) groups is 1. The lowest BCUT2D eigenvalue weighted by Crippen LogP contribution is -2.67. The average Bonchev–Trinajstić information content (AvgIpc) is 2.83. The van der Waals surface area contributed by atoms with E-state index >= 15 is 0 Å². The van der Waals surface area contributed by atoms with Gasteiger partial charge in [0.15, 0.2) is 17.4 Å². The van der Waals surface area contributed by atoms with Crippen LogP contribution in [-0.2, 0) is 4.79 Å². The third-order valence-corrected chi connectivity index (χ3v) is 6.09. The molecule has 2 aromatic rings. The highest BCUT2D eigenvalue weighted by molar-refractivity contribution is 6.12. The molecule has 0 radical (unpaired) electrons. The molecular weight excluding hydrogens is 408 g/mol. The molecule has 32 heavy (non-hydrogen) atoms. The summed E-state index contributed by atoms with van der Waals surface area (Å²) < 4.78 is 17.5. The number of benzene rings is 2. The van der Waals surface area contributed by atoms with E-state index in [9.17, 15) is 10.0 Å². The molecule has 0 saturated carbocycles. The molecule has 0 N–H and O–H groups in total. The topological polar surface area (TPSA) is 74.1 Å². The normalized spacial score (nSPS) is 19.7. The number of nitrogens with zero attached hydrogens (tertiary/aromatic N) is 2. The molecule has 7 heteroatoms. The van der Waals surface area contributed by atoms with Crippen molar-refractivity contribution in [3.63, 3.8) is 0 Å². The summed E-state index contributed by atoms with van der Waals surface area (Å²) in [7, 11) is 4.59. The monoisotopic (exact) mass is 438 g/mol. The second-order valence-electron chi connectivity index (χ2n) is 7.41. The molecule has 1 heterocycles. The molecule has 1 aliphatic heterocycles. The zero-order valence-electron chi connectivity index (χ0n) is 19.3. The highest BCUT2D eigenvalue weighted by atomic mass is 16.5. The molecule has 0 spiro atoms. The van der Waals surface area contributed by atoms with Crippen LogP contribution in [0.4, 0.5) is 0 Å². The van der Waals surface area contributed by atoms with Crippen LogP contribution < -0.4 is 14.2 Å². The number of rotatable bonds is 9. The van der Waals surface area contributed by atoms with Crippen LogP contribution >= 0.6 is 0 Å². The molecule has 0 bridgehead atoms. The fraction of sp³-hybridized carbons (Fsp3) is 0.360. The molecule has 2 atom stereocenters. The van der Waals surface area contributed by atoms with Crippen molar-refractivity contribution < 1.29 is 23.7 Å². The molecule has 0 unspecified atom stereocenters. The molecule has 1 amide bonds. The predicted octanol–water partition coefficient (Wildman–Crippen LogP) is 3.60. The SMILES string of the molecule is C=C[C@]1(C(=O)N(CC)CC)[C@@H](c2ccc(OC)c(OC)c2OC)C(c2ccccc2)=[N+]1[O-]. The number of hydrogen-bond donors (Lipinski definition) is 0. The average molecular weight is 439 g/mol. The first-order valence-corrected chi connectivity index (χ1v) is 10.6. The lowest BCUT2D eigenvalue weighted by atomic mass is 9.67. The molecular formula is C25H30N2O5. The first-order valence-electron chi connectivity index (χ1n) is 10.6. The second-order valence-corrected chi connectivity index (χ2v) is 7.41. The molecule has 0 aliphatic carbocycles. The minimum atomic E-state index is -1.51. The Bertz CT molecular complexity index is 1030. The van der Waals surface area contributed by atoms with Gasteiger partial charge in [0.05, 0.1) is 21.3 Å². The zero-order valence-corrected chi connectivity index (χ0v) is 19.3. The Morgan fingerprint density at radius 2 is 1.69 bits per heavy atom. The fourth-order valence-corrected chi connectivity index (χ4v) is 4.47. The van der Waals surface area contributed by atoms with E-state index in [2.05, 4.69) is 6.58 Å². The highest BCUT2D eigenvalue weighted by Gasteiger charge is 2.66. The van der Waals surface area contributed by atoms with Crippen molar-refractivity contribution in [3.05, 3.63) is 71.5 Å². The lowest BCUT2D eigenvalue weighted by molar-refractivity contribution is -0.552. The summed E-state index contributed by atoms with van der Waals surface area (Å²) in [4.78, 5) is 15.3. The summed E-state index contributed by atoms with van der Waals surface area (Å²) in [5.41, 5.74) is 0.339. The molecule has 3 rings (SSSR count). The maximum absolute atomic E-state index is 13.7. The first kappa shape index (κ1) is 23.2. The lowest BCUT2D eigenvalue weighted by Gasteiger charge is -2.45. The standard InChI is InChI=1S/C25H30N2O5/c1-7-25(24(28)26(8-2)9-3)20(21(27(25)29)17-13-11-10-12-14-17)18-15-16-19(30-4)23(32-6)22(18)31-5/h7,10-16,20H,1,8-9H2,2-6H3/t20-,25+/m0/s1. The third kappa shape index (κ3) is 3.28. The van der Waals surface area contributed by atoms with Gasteiger partial charge in [-0.15, -0.1) is 0 Å². The van der Waals surface area contributed by atoms with Gasteiger partial charge in [0.25, 0.3) is 5.54 Å². The van der Waals surface area contributed by atoms with E-state index in [0.29, 0.717) is 41.6 Å². The highest BCUT2D eigenvalue weighted by Crippen LogP contribution is 2.51. The number of carbonyl (C=O) groups excluding carboxylic acids is 1. The van der Waals surface area contributed by atoms with Crippen LogP contribution in [0.2, 0.25) is 0 Å². The molecule has 2 aromatic carbocycles. The van der Waals surface area contributed by atoms with E-state index < -0.39 is 11.5 Å². The Hall–Kier alpha value is -3.48. The van der Waals surface area contributed by atoms with Crippen molar-refractivity contribution in [2.24, 2.45) is 0 Å². The number of hydroxylamine groups is 1. The molecule has 0 saturated heterocycles. The predicted molar refractivity (Wildman–Crippen MR) is 124 cm³/mol. The van der Waals surface area contributed by atoms with Crippen LogP contribution in [0.3, 0.4) is 0 Å². The van der Waals surface area contributed by atoms with Crippen LogP contribution in [0.15, 0.2) is 55.1 Å². The van der Waals surface area contributed by atoms with Crippen molar-refractivity contribution in [2.75, 3.05) is 34.4 Å². The van der Waals surface area contributed by atoms with E-state index in [0.717, 1.165) is 10.3 Å². The maximum atomic E-state index is 13.7. The van der Waals surface area contributed by atoms with Gasteiger partial charge in [0.2, 0.25) is 11.5 Å². The Morgan fingerprint density at radius 1 is 1.06 bits per heavy atom. The third-order valence-electron chi connectivity index (χ3n) is 6.09. The minimum absolute atomic E-state index is 0.297. The summed E-state index contributed by atoms with van der Waals surface area (Å²) >= 11 is 0. The van der Waals surface area contributed by atoms with Crippen LogP contribution in [0.5, 0.6) is 17.2 Å². The molecule has 0 aromatic heterocycles. The fourth-order valence-electron chi connectivity index (χ4n) is 4.47. The van der Waals surface area contributed by atoms with E-state index in [-0.39, 0.29) is 5.91 Å². The second kappa shape index (κ2) is 9.34. The van der Waals surface area contributed by atoms with Crippen LogP contribution in [0.25, 0.3) is 0 Å². The number of ether oxygens (including phenoxy) is 3. The summed E-state index contributed by atoms with van der Waals surface area (Å²) in [6.45, 7) is 8.65. The number of likely N-dealkylation sites (N-methyl/N-ethyl adjacent to an activating group) is 1. The molecule has 170 valence electrons. The maximum Gasteiger partial charge on any atom is 0.301 e. The van der Waals surface area contributed by atoms with Gasteiger partial charge in [0.1, 0.15) is 0 Å². The van der Waals surface area contributed by atoms with E-state index in [4.69, 9.17) is 14.2 Å². The smallest absolute Gasteiger partial charge is 0.301 e. The van der Waals surface area contributed by atoms with Crippen molar-refractivity contribution in [1.29, 1.82) is 0 Å². The number of methoxy groups -OCH3 is 3.